The van der Waals surface area contributed by atoms with Gasteiger partial charge in [-0.3, -0.25) is 0 Å². The van der Waals surface area contributed by atoms with Crippen LogP contribution in [0.3, 0.4) is 0 Å². The van der Waals surface area contributed by atoms with Gasteiger partial charge in [-0.15, -0.1) is 11.1 Å². The van der Waals surface area contributed by atoms with Crippen LogP contribution in [0.15, 0.2) is 0 Å². The van der Waals surface area contributed by atoms with E-state index >= 15 is 0 Å². The molecule has 0 rings (SSSR count). The molecule has 0 spiro atoms. The van der Waals surface area contributed by atoms with Gasteiger partial charge in [0.2, 0.25) is 0 Å². The Labute approximate surface area is 198 Å². The van der Waals surface area contributed by atoms with Crippen LogP contribution in [0.2, 0.25) is 70.5 Å². The summed E-state index contributed by atoms with van der Waals surface area (Å²) in [6, 6.07) is 3.09. The largest absolute Gasteiger partial charge is 0.436 e. The molecular weight excluding hydrogens is 480 g/mol. The lowest BCUT2D eigenvalue weighted by Gasteiger charge is -2.42. The van der Waals surface area contributed by atoms with E-state index in [0.29, 0.717) is 11.8 Å². The second kappa shape index (κ2) is 12.1. The fourth-order valence-electron chi connectivity index (χ4n) is 4.39. The van der Waals surface area contributed by atoms with Gasteiger partial charge in [-0.05, 0) is 82.3 Å². The van der Waals surface area contributed by atoms with E-state index in [1.807, 2.05) is 0 Å². The van der Waals surface area contributed by atoms with Crippen LogP contribution in [0.4, 0.5) is 0 Å². The number of hydrogen-bond donors (Lipinski definition) is 0. The van der Waals surface area contributed by atoms with Crippen molar-refractivity contribution >= 4 is 52.7 Å². The number of halogens is 1. The SMILES string of the molecule is CCCC[Si](C)(C)O[Si](C)(C)O[Si](C)(C)O[Si](C)(C)O[Si](Cl)(CC(C)C)CC(C)C. The molecule has 0 aromatic rings. The summed E-state index contributed by atoms with van der Waals surface area (Å²) in [6.07, 6.45) is 2.43. The first-order valence-corrected chi connectivity index (χ1v) is 26.6. The molecule has 0 radical (unpaired) electrons. The van der Waals surface area contributed by atoms with Crippen molar-refractivity contribution in [2.24, 2.45) is 11.8 Å². The van der Waals surface area contributed by atoms with Crippen LogP contribution < -0.4 is 0 Å². The molecule has 0 aromatic carbocycles. The van der Waals surface area contributed by atoms with Crippen molar-refractivity contribution in [2.75, 3.05) is 0 Å². The maximum absolute atomic E-state index is 7.15. The number of rotatable bonds is 15. The third-order valence-electron chi connectivity index (χ3n) is 4.49. The van der Waals surface area contributed by atoms with Gasteiger partial charge in [0.15, 0.2) is 8.32 Å². The molecule has 0 aliphatic carbocycles. The van der Waals surface area contributed by atoms with E-state index in [9.17, 15) is 0 Å². The third kappa shape index (κ3) is 14.4. The quantitative estimate of drug-likeness (QED) is 0.158. The monoisotopic (exact) mass is 530 g/mol. The number of unbranched alkanes of at least 4 members (excludes halogenated alkanes) is 1. The molecule has 0 aromatic heterocycles. The summed E-state index contributed by atoms with van der Waals surface area (Å²) in [6.45, 7) is 28.6. The standard InChI is InChI=1S/C20H51ClO4Si5/c1-14-15-16-26(6,7)22-27(8,9)23-28(10,11)24-29(12,13)25-30(21,17-19(2)3)18-20(4)5/h19-20H,14-18H2,1-13H3. The van der Waals surface area contributed by atoms with Crippen LogP contribution in [0, 0.1) is 11.8 Å². The predicted octanol–water partition coefficient (Wildman–Crippen LogP) is 8.16. The van der Waals surface area contributed by atoms with E-state index in [1.165, 1.54) is 18.9 Å². The Balaban J connectivity index is 5.24. The molecule has 0 bridgehead atoms. The van der Waals surface area contributed by atoms with Crippen LogP contribution in [0.25, 0.3) is 0 Å². The molecule has 0 fully saturated rings. The van der Waals surface area contributed by atoms with Crippen LogP contribution in [-0.4, -0.2) is 41.6 Å². The average molecular weight is 532 g/mol. The summed E-state index contributed by atoms with van der Waals surface area (Å²) in [7, 11) is -11.2. The summed E-state index contributed by atoms with van der Waals surface area (Å²) in [5.74, 6) is 1.04. The summed E-state index contributed by atoms with van der Waals surface area (Å²) < 4.78 is 26.7. The Morgan fingerprint density at radius 2 is 1.00 bits per heavy atom. The van der Waals surface area contributed by atoms with E-state index in [4.69, 9.17) is 27.5 Å². The highest BCUT2D eigenvalue weighted by Gasteiger charge is 2.47. The maximum Gasteiger partial charge on any atom is 0.314 e. The molecule has 0 heterocycles. The highest BCUT2D eigenvalue weighted by Crippen LogP contribution is 2.35. The molecule has 0 aliphatic heterocycles. The van der Waals surface area contributed by atoms with Crippen LogP contribution in [0.5, 0.6) is 0 Å². The maximum atomic E-state index is 7.15. The fourth-order valence-corrected chi connectivity index (χ4v) is 32.7. The normalized spacial score (nSPS) is 14.8. The molecule has 0 amide bonds. The zero-order chi connectivity index (χ0) is 24.0. The molecule has 10 heteroatoms. The molecule has 0 N–H and O–H groups in total. The van der Waals surface area contributed by atoms with Crippen LogP contribution >= 0.6 is 11.1 Å². The highest BCUT2D eigenvalue weighted by molar-refractivity contribution is 7.19. The van der Waals surface area contributed by atoms with Crippen molar-refractivity contribution in [2.45, 2.75) is 118 Å². The van der Waals surface area contributed by atoms with E-state index in [1.54, 1.807) is 0 Å². The van der Waals surface area contributed by atoms with Gasteiger partial charge in [0, 0.05) is 0 Å². The average Bonchev–Trinajstić information content (AvgIpc) is 2.37. The Hall–Kier alpha value is 1.21. The van der Waals surface area contributed by atoms with E-state index in [2.05, 4.69) is 87.0 Å². The Kier molecular flexibility index (Phi) is 12.6. The first-order valence-electron chi connectivity index (χ1n) is 11.7. The molecule has 0 saturated heterocycles. The molecule has 30 heavy (non-hydrogen) atoms. The van der Waals surface area contributed by atoms with Crippen LogP contribution in [0.1, 0.15) is 47.5 Å². The second-order valence-corrected chi connectivity index (χ2v) is 31.9. The summed E-state index contributed by atoms with van der Waals surface area (Å²) in [5.41, 5.74) is 0. The molecule has 0 unspecified atom stereocenters. The predicted molar refractivity (Wildman–Crippen MR) is 145 cm³/mol. The summed E-state index contributed by atoms with van der Waals surface area (Å²) in [4.78, 5) is 0. The topological polar surface area (TPSA) is 36.9 Å². The van der Waals surface area contributed by atoms with Gasteiger partial charge in [0.25, 0.3) is 7.63 Å². The molecule has 182 valence electrons. The minimum absolute atomic E-state index is 0.522. The van der Waals surface area contributed by atoms with E-state index in [-0.39, 0.29) is 0 Å². The van der Waals surface area contributed by atoms with Crippen molar-refractivity contribution in [1.82, 2.24) is 0 Å². The summed E-state index contributed by atoms with van der Waals surface area (Å²) in [5, 5.41) is 0. The van der Waals surface area contributed by atoms with Gasteiger partial charge < -0.3 is 16.5 Å². The van der Waals surface area contributed by atoms with Gasteiger partial charge in [0.1, 0.15) is 0 Å². The third-order valence-corrected chi connectivity index (χ3v) is 26.0. The Morgan fingerprint density at radius 1 is 0.633 bits per heavy atom. The van der Waals surface area contributed by atoms with Crippen molar-refractivity contribution in [3.05, 3.63) is 0 Å². The van der Waals surface area contributed by atoms with Gasteiger partial charge >= 0.3 is 25.7 Å². The van der Waals surface area contributed by atoms with Crippen molar-refractivity contribution in [1.29, 1.82) is 0 Å². The van der Waals surface area contributed by atoms with Gasteiger partial charge in [-0.25, -0.2) is 0 Å². The Bertz CT molecular complexity index is 503. The lowest BCUT2D eigenvalue weighted by molar-refractivity contribution is 0.297. The Morgan fingerprint density at radius 3 is 1.37 bits per heavy atom. The van der Waals surface area contributed by atoms with Gasteiger partial charge in [0.05, 0.1) is 0 Å². The minimum atomic E-state index is -2.44. The highest BCUT2D eigenvalue weighted by atomic mass is 35.6. The van der Waals surface area contributed by atoms with Gasteiger partial charge in [-0.1, -0.05) is 47.5 Å². The zero-order valence-electron chi connectivity index (χ0n) is 22.2. The van der Waals surface area contributed by atoms with Crippen molar-refractivity contribution in [3.8, 4) is 0 Å². The van der Waals surface area contributed by atoms with E-state index < -0.39 is 41.6 Å². The smallest absolute Gasteiger partial charge is 0.314 e. The van der Waals surface area contributed by atoms with Gasteiger partial charge in [-0.2, -0.15) is 0 Å². The van der Waals surface area contributed by atoms with Crippen molar-refractivity contribution < 1.29 is 16.5 Å². The first kappa shape index (κ1) is 31.2. The second-order valence-electron chi connectivity index (χ2n) is 11.6. The first-order chi connectivity index (χ1) is 13.2. The lowest BCUT2D eigenvalue weighted by Crippen LogP contribution is -2.58. The summed E-state index contributed by atoms with van der Waals surface area (Å²) >= 11 is 7.15. The lowest BCUT2D eigenvalue weighted by atomic mass is 10.3. The molecule has 0 saturated carbocycles. The molecule has 0 aliphatic rings. The van der Waals surface area contributed by atoms with E-state index in [0.717, 1.165) is 12.1 Å². The minimum Gasteiger partial charge on any atom is -0.436 e. The number of hydrogen-bond acceptors (Lipinski definition) is 4. The van der Waals surface area contributed by atoms with Crippen molar-refractivity contribution in [3.63, 3.8) is 0 Å². The molecule has 0 atom stereocenters. The van der Waals surface area contributed by atoms with Crippen LogP contribution in [-0.2, 0) is 16.5 Å². The molecule has 4 nitrogen and oxygen atoms in total. The fraction of sp³-hybridized carbons (Fsp3) is 1.00. The zero-order valence-corrected chi connectivity index (χ0v) is 28.0. The molecular formula is C20H51ClO4Si5.